The molecule has 0 aromatic carbocycles. The fraction of sp³-hybridized carbons (Fsp3) is 0.250. The zero-order chi connectivity index (χ0) is 26.3. The predicted octanol–water partition coefficient (Wildman–Crippen LogP) is 5.13. The van der Waals surface area contributed by atoms with E-state index in [1.165, 1.54) is 10.6 Å². The van der Waals surface area contributed by atoms with E-state index in [0.29, 0.717) is 0 Å². The molecular weight excluding hydrogens is 508 g/mol. The molecule has 2 aromatic rings. The summed E-state index contributed by atoms with van der Waals surface area (Å²) in [5.41, 5.74) is -10.9. The van der Waals surface area contributed by atoms with Crippen LogP contribution in [0.5, 0.6) is 0 Å². The van der Waals surface area contributed by atoms with Gasteiger partial charge < -0.3 is 10.6 Å². The molecule has 0 aliphatic heterocycles. The van der Waals surface area contributed by atoms with Crippen molar-refractivity contribution >= 4 is 23.2 Å². The Bertz CT molecular complexity index is 951. The Morgan fingerprint density at radius 3 is 0.882 bits per heavy atom. The van der Waals surface area contributed by atoms with Gasteiger partial charge in [0.05, 0.1) is 0 Å². The Balaban J connectivity index is 2.35. The molecule has 18 heteroatoms. The standard InChI is InChI=1S/C16H6F12N4O2/c17-13(18,19)7-1-5(2-8(31-7)14(20,21)22)29-11(33)12(34)30-6-3-9(15(23,24)25)32-10(4-6)16(26,27)28/h1-4H,(H,29,31,33)(H,30,32,34). The largest absolute Gasteiger partial charge is 0.433 e. The summed E-state index contributed by atoms with van der Waals surface area (Å²) in [6, 6.07) is -0.348. The van der Waals surface area contributed by atoms with Crippen LogP contribution in [0.25, 0.3) is 0 Å². The lowest BCUT2D eigenvalue weighted by Crippen LogP contribution is -2.30. The molecule has 0 unspecified atom stereocenters. The molecule has 2 rings (SSSR count). The number of alkyl halides is 12. The third-order valence-corrected chi connectivity index (χ3v) is 3.53. The van der Waals surface area contributed by atoms with Crippen LogP contribution in [0.15, 0.2) is 24.3 Å². The third-order valence-electron chi connectivity index (χ3n) is 3.53. The zero-order valence-corrected chi connectivity index (χ0v) is 15.6. The first-order valence-electron chi connectivity index (χ1n) is 8.13. The van der Waals surface area contributed by atoms with Crippen molar-refractivity contribution in [3.8, 4) is 0 Å². The van der Waals surface area contributed by atoms with Crippen LogP contribution in [-0.4, -0.2) is 21.8 Å². The lowest BCUT2D eigenvalue weighted by molar-refractivity contribution is -0.151. The molecule has 2 N–H and O–H groups in total. The van der Waals surface area contributed by atoms with Gasteiger partial charge in [-0.25, -0.2) is 9.97 Å². The summed E-state index contributed by atoms with van der Waals surface area (Å²) in [6.07, 6.45) is -21.7. The minimum atomic E-state index is -5.41. The van der Waals surface area contributed by atoms with Crippen molar-refractivity contribution in [2.75, 3.05) is 10.6 Å². The van der Waals surface area contributed by atoms with E-state index in [0.717, 1.165) is 0 Å². The molecule has 0 aliphatic rings. The molecule has 6 nitrogen and oxygen atoms in total. The van der Waals surface area contributed by atoms with Gasteiger partial charge in [-0.3, -0.25) is 9.59 Å². The van der Waals surface area contributed by atoms with Crippen LogP contribution < -0.4 is 10.6 Å². The molecule has 0 saturated carbocycles. The number of pyridine rings is 2. The van der Waals surface area contributed by atoms with Crippen LogP contribution in [-0.2, 0) is 34.3 Å². The Hall–Kier alpha value is -3.60. The summed E-state index contributed by atoms with van der Waals surface area (Å²) in [7, 11) is 0. The van der Waals surface area contributed by atoms with Crippen molar-refractivity contribution in [2.24, 2.45) is 0 Å². The number of hydrogen-bond donors (Lipinski definition) is 2. The van der Waals surface area contributed by atoms with E-state index in [9.17, 15) is 62.3 Å². The van der Waals surface area contributed by atoms with Gasteiger partial charge in [0.15, 0.2) is 0 Å². The number of anilines is 2. The molecule has 2 heterocycles. The minimum Gasteiger partial charge on any atom is -0.318 e. The van der Waals surface area contributed by atoms with Crippen molar-refractivity contribution in [2.45, 2.75) is 24.7 Å². The average molecular weight is 514 g/mol. The number of halogens is 12. The summed E-state index contributed by atoms with van der Waals surface area (Å²) in [5.74, 6) is -4.04. The molecule has 186 valence electrons. The van der Waals surface area contributed by atoms with Gasteiger partial charge in [-0.15, -0.1) is 0 Å². The molecule has 0 spiro atoms. The van der Waals surface area contributed by atoms with Gasteiger partial charge in [-0.1, -0.05) is 0 Å². The van der Waals surface area contributed by atoms with E-state index in [1.54, 1.807) is 0 Å². The maximum atomic E-state index is 12.8. The van der Waals surface area contributed by atoms with Crippen molar-refractivity contribution < 1.29 is 62.3 Å². The van der Waals surface area contributed by atoms with Gasteiger partial charge in [0.25, 0.3) is 0 Å². The number of rotatable bonds is 2. The number of hydrogen-bond acceptors (Lipinski definition) is 4. The second-order valence-corrected chi connectivity index (χ2v) is 6.15. The monoisotopic (exact) mass is 514 g/mol. The number of aromatic nitrogens is 2. The first-order valence-corrected chi connectivity index (χ1v) is 8.13. The van der Waals surface area contributed by atoms with E-state index in [-0.39, 0.29) is 24.3 Å². The van der Waals surface area contributed by atoms with Gasteiger partial charge in [-0.05, 0) is 24.3 Å². The molecule has 0 aliphatic carbocycles. The normalized spacial score (nSPS) is 12.9. The summed E-state index contributed by atoms with van der Waals surface area (Å²) >= 11 is 0. The fourth-order valence-electron chi connectivity index (χ4n) is 2.16. The lowest BCUT2D eigenvalue weighted by Gasteiger charge is -2.15. The van der Waals surface area contributed by atoms with Crippen LogP contribution in [0.2, 0.25) is 0 Å². The summed E-state index contributed by atoms with van der Waals surface area (Å²) in [4.78, 5) is 28.4. The smallest absolute Gasteiger partial charge is 0.318 e. The second kappa shape index (κ2) is 8.64. The highest BCUT2D eigenvalue weighted by Crippen LogP contribution is 2.36. The number of nitrogens with one attached hydrogen (secondary N) is 2. The molecule has 0 fully saturated rings. The highest BCUT2D eigenvalue weighted by atomic mass is 19.4. The van der Waals surface area contributed by atoms with E-state index < -0.39 is 70.7 Å². The third kappa shape index (κ3) is 6.70. The first-order chi connectivity index (χ1) is 15.2. The summed E-state index contributed by atoms with van der Waals surface area (Å²) < 4.78 is 153. The zero-order valence-electron chi connectivity index (χ0n) is 15.6. The SMILES string of the molecule is O=C(Nc1cc(C(F)(F)F)nc(C(F)(F)F)c1)C(=O)Nc1cc(C(F)(F)F)nc(C(F)(F)F)c1. The van der Waals surface area contributed by atoms with Crippen LogP contribution in [0.3, 0.4) is 0 Å². The average Bonchev–Trinajstić information content (AvgIpc) is 2.64. The van der Waals surface area contributed by atoms with Crippen molar-refractivity contribution in [3.05, 3.63) is 47.0 Å². The van der Waals surface area contributed by atoms with Crippen LogP contribution in [0.4, 0.5) is 64.1 Å². The summed E-state index contributed by atoms with van der Waals surface area (Å²) in [6.45, 7) is 0. The lowest BCUT2D eigenvalue weighted by atomic mass is 10.2. The number of nitrogens with zero attached hydrogens (tertiary/aromatic N) is 2. The highest BCUT2D eigenvalue weighted by molar-refractivity contribution is 6.43. The number of carbonyl (C=O) groups is 2. The Labute approximate surface area is 179 Å². The fourth-order valence-corrected chi connectivity index (χ4v) is 2.16. The molecule has 2 aromatic heterocycles. The highest BCUT2D eigenvalue weighted by Gasteiger charge is 2.40. The molecule has 0 atom stereocenters. The predicted molar refractivity (Wildman–Crippen MR) is 85.7 cm³/mol. The number of amides is 2. The van der Waals surface area contributed by atoms with Crippen LogP contribution in [0, 0.1) is 0 Å². The number of carbonyl (C=O) groups excluding carboxylic acids is 2. The van der Waals surface area contributed by atoms with Gasteiger partial charge in [-0.2, -0.15) is 52.7 Å². The van der Waals surface area contributed by atoms with Crippen molar-refractivity contribution in [1.29, 1.82) is 0 Å². The van der Waals surface area contributed by atoms with Gasteiger partial charge in [0.2, 0.25) is 0 Å². The van der Waals surface area contributed by atoms with Crippen LogP contribution in [0.1, 0.15) is 22.8 Å². The molecule has 34 heavy (non-hydrogen) atoms. The van der Waals surface area contributed by atoms with E-state index in [2.05, 4.69) is 9.97 Å². The molecular formula is C16H6F12N4O2. The first kappa shape index (κ1) is 26.7. The maximum absolute atomic E-state index is 12.8. The van der Waals surface area contributed by atoms with Crippen LogP contribution >= 0.6 is 0 Å². The molecule has 0 saturated heterocycles. The van der Waals surface area contributed by atoms with E-state index in [1.807, 2.05) is 0 Å². The molecule has 0 radical (unpaired) electrons. The Morgan fingerprint density at radius 1 is 0.500 bits per heavy atom. The van der Waals surface area contributed by atoms with E-state index in [4.69, 9.17) is 0 Å². The molecule has 0 bridgehead atoms. The Morgan fingerprint density at radius 2 is 0.706 bits per heavy atom. The van der Waals surface area contributed by atoms with E-state index >= 15 is 0 Å². The maximum Gasteiger partial charge on any atom is 0.433 e. The van der Waals surface area contributed by atoms with Crippen molar-refractivity contribution in [1.82, 2.24) is 9.97 Å². The van der Waals surface area contributed by atoms with Gasteiger partial charge >= 0.3 is 36.5 Å². The summed E-state index contributed by atoms with van der Waals surface area (Å²) in [5, 5.41) is 2.65. The van der Waals surface area contributed by atoms with Crippen molar-refractivity contribution in [3.63, 3.8) is 0 Å². The quantitative estimate of drug-likeness (QED) is 0.430. The minimum absolute atomic E-state index is 0.0869. The van der Waals surface area contributed by atoms with Gasteiger partial charge in [0.1, 0.15) is 22.8 Å². The Kier molecular flexibility index (Phi) is 6.77. The molecule has 2 amide bonds. The second-order valence-electron chi connectivity index (χ2n) is 6.15. The van der Waals surface area contributed by atoms with Gasteiger partial charge in [0, 0.05) is 11.4 Å². The topological polar surface area (TPSA) is 84.0 Å².